The van der Waals surface area contributed by atoms with Crippen LogP contribution in [0.5, 0.6) is 0 Å². The van der Waals surface area contributed by atoms with Gasteiger partial charge in [-0.3, -0.25) is 0 Å². The van der Waals surface area contributed by atoms with Crippen LogP contribution in [-0.4, -0.2) is 18.3 Å². The highest BCUT2D eigenvalue weighted by atomic mass is 16.5. The highest BCUT2D eigenvalue weighted by molar-refractivity contribution is 5.35. The van der Waals surface area contributed by atoms with Gasteiger partial charge in [0.05, 0.1) is 13.2 Å². The summed E-state index contributed by atoms with van der Waals surface area (Å²) in [5.41, 5.74) is 1.65. The van der Waals surface area contributed by atoms with Gasteiger partial charge in [0.15, 0.2) is 0 Å². The standard InChI is InChI=1S/C16H18O2/c1-16(18-13-12-17,14-8-4-2-5-9-14)15-10-6-3-7-11-15/h2-11,17H,12-13H2,1H3. The van der Waals surface area contributed by atoms with Gasteiger partial charge in [0, 0.05) is 0 Å². The van der Waals surface area contributed by atoms with Crippen LogP contribution >= 0.6 is 0 Å². The zero-order valence-corrected chi connectivity index (χ0v) is 10.5. The molecule has 0 saturated heterocycles. The van der Waals surface area contributed by atoms with Crippen molar-refractivity contribution in [1.29, 1.82) is 0 Å². The van der Waals surface area contributed by atoms with Gasteiger partial charge in [-0.15, -0.1) is 0 Å². The van der Waals surface area contributed by atoms with Gasteiger partial charge in [-0.2, -0.15) is 0 Å². The molecule has 2 heteroatoms. The summed E-state index contributed by atoms with van der Waals surface area (Å²) >= 11 is 0. The molecule has 0 heterocycles. The van der Waals surface area contributed by atoms with Crippen LogP contribution in [0.25, 0.3) is 0 Å². The van der Waals surface area contributed by atoms with E-state index in [1.807, 2.05) is 67.6 Å². The second kappa shape index (κ2) is 5.80. The van der Waals surface area contributed by atoms with Crippen molar-refractivity contribution < 1.29 is 9.84 Å². The zero-order valence-electron chi connectivity index (χ0n) is 10.5. The predicted octanol–water partition coefficient (Wildman–Crippen LogP) is 2.96. The fourth-order valence-electron chi connectivity index (χ4n) is 2.10. The van der Waals surface area contributed by atoms with Crippen molar-refractivity contribution in [2.75, 3.05) is 13.2 Å². The van der Waals surface area contributed by atoms with E-state index in [1.165, 1.54) is 0 Å². The second-order valence-corrected chi connectivity index (χ2v) is 4.34. The number of benzene rings is 2. The highest BCUT2D eigenvalue weighted by Gasteiger charge is 2.29. The molecule has 2 aromatic carbocycles. The summed E-state index contributed by atoms with van der Waals surface area (Å²) in [6.45, 7) is 2.38. The van der Waals surface area contributed by atoms with Gasteiger partial charge in [-0.1, -0.05) is 60.7 Å². The lowest BCUT2D eigenvalue weighted by atomic mass is 9.88. The molecule has 0 bridgehead atoms. The van der Waals surface area contributed by atoms with Crippen LogP contribution in [0.1, 0.15) is 18.1 Å². The second-order valence-electron chi connectivity index (χ2n) is 4.34. The molecule has 0 radical (unpaired) electrons. The maximum Gasteiger partial charge on any atom is 0.115 e. The minimum absolute atomic E-state index is 0.0231. The van der Waals surface area contributed by atoms with Crippen molar-refractivity contribution in [3.63, 3.8) is 0 Å². The van der Waals surface area contributed by atoms with Gasteiger partial charge in [-0.05, 0) is 18.1 Å². The third kappa shape index (κ3) is 2.61. The number of hydrogen-bond acceptors (Lipinski definition) is 2. The van der Waals surface area contributed by atoms with E-state index < -0.39 is 5.60 Å². The van der Waals surface area contributed by atoms with Crippen LogP contribution < -0.4 is 0 Å². The Morgan fingerprint density at radius 3 is 1.72 bits per heavy atom. The van der Waals surface area contributed by atoms with Crippen LogP contribution in [0.2, 0.25) is 0 Å². The Hall–Kier alpha value is -1.64. The Morgan fingerprint density at radius 2 is 1.33 bits per heavy atom. The highest BCUT2D eigenvalue weighted by Crippen LogP contribution is 2.32. The molecule has 2 nitrogen and oxygen atoms in total. The van der Waals surface area contributed by atoms with Crippen LogP contribution in [-0.2, 0) is 10.3 Å². The van der Waals surface area contributed by atoms with E-state index in [1.54, 1.807) is 0 Å². The summed E-state index contributed by atoms with van der Waals surface area (Å²) in [4.78, 5) is 0. The Morgan fingerprint density at radius 1 is 0.889 bits per heavy atom. The SMILES string of the molecule is CC(OCCO)(c1ccccc1)c1ccccc1. The van der Waals surface area contributed by atoms with E-state index in [0.717, 1.165) is 11.1 Å². The normalized spacial score (nSPS) is 11.4. The smallest absolute Gasteiger partial charge is 0.115 e. The maximum atomic E-state index is 9.00. The molecule has 0 fully saturated rings. The van der Waals surface area contributed by atoms with Gasteiger partial charge in [0.1, 0.15) is 5.60 Å². The topological polar surface area (TPSA) is 29.5 Å². The molecular formula is C16H18O2. The number of aliphatic hydroxyl groups is 1. The third-order valence-electron chi connectivity index (χ3n) is 3.13. The minimum atomic E-state index is -0.523. The Balaban J connectivity index is 2.41. The van der Waals surface area contributed by atoms with E-state index in [0.29, 0.717) is 6.61 Å². The summed E-state index contributed by atoms with van der Waals surface area (Å²) in [6, 6.07) is 20.2. The van der Waals surface area contributed by atoms with Gasteiger partial charge in [-0.25, -0.2) is 0 Å². The molecule has 0 aromatic heterocycles. The lowest BCUT2D eigenvalue weighted by molar-refractivity contribution is -0.0213. The molecule has 0 aliphatic rings. The molecule has 1 N–H and O–H groups in total. The van der Waals surface area contributed by atoms with Gasteiger partial charge < -0.3 is 9.84 Å². The van der Waals surface area contributed by atoms with E-state index in [9.17, 15) is 0 Å². The molecule has 94 valence electrons. The van der Waals surface area contributed by atoms with Gasteiger partial charge in [0.2, 0.25) is 0 Å². The first-order valence-corrected chi connectivity index (χ1v) is 6.13. The fraction of sp³-hybridized carbons (Fsp3) is 0.250. The first-order valence-electron chi connectivity index (χ1n) is 6.13. The summed E-state index contributed by atoms with van der Waals surface area (Å²) in [7, 11) is 0. The van der Waals surface area contributed by atoms with Crippen LogP contribution in [0, 0.1) is 0 Å². The number of rotatable bonds is 5. The Labute approximate surface area is 108 Å². The molecule has 0 saturated carbocycles. The van der Waals surface area contributed by atoms with Crippen molar-refractivity contribution in [2.24, 2.45) is 0 Å². The number of ether oxygens (including phenoxy) is 1. The lowest BCUT2D eigenvalue weighted by Gasteiger charge is -2.31. The van der Waals surface area contributed by atoms with Crippen molar-refractivity contribution >= 4 is 0 Å². The maximum absolute atomic E-state index is 9.00. The molecule has 0 unspecified atom stereocenters. The van der Waals surface area contributed by atoms with Crippen molar-refractivity contribution in [3.05, 3.63) is 71.8 Å². The average molecular weight is 242 g/mol. The average Bonchev–Trinajstić information content (AvgIpc) is 2.46. The minimum Gasteiger partial charge on any atom is -0.394 e. The molecule has 0 aliphatic carbocycles. The van der Waals surface area contributed by atoms with Crippen molar-refractivity contribution in [2.45, 2.75) is 12.5 Å². The third-order valence-corrected chi connectivity index (χ3v) is 3.13. The predicted molar refractivity (Wildman–Crippen MR) is 72.4 cm³/mol. The first kappa shape index (κ1) is 12.8. The first-order chi connectivity index (χ1) is 8.77. The summed E-state index contributed by atoms with van der Waals surface area (Å²) in [5, 5.41) is 9.00. The number of aliphatic hydroxyl groups excluding tert-OH is 1. The molecule has 0 spiro atoms. The van der Waals surface area contributed by atoms with E-state index in [4.69, 9.17) is 9.84 Å². The largest absolute Gasteiger partial charge is 0.394 e. The van der Waals surface area contributed by atoms with Crippen molar-refractivity contribution in [3.8, 4) is 0 Å². The molecule has 0 atom stereocenters. The van der Waals surface area contributed by atoms with Crippen LogP contribution in [0.4, 0.5) is 0 Å². The Bertz CT molecular complexity index is 425. The summed E-state index contributed by atoms with van der Waals surface area (Å²) in [5.74, 6) is 0. The molecular weight excluding hydrogens is 224 g/mol. The van der Waals surface area contributed by atoms with Gasteiger partial charge in [0.25, 0.3) is 0 Å². The molecule has 0 amide bonds. The van der Waals surface area contributed by atoms with E-state index >= 15 is 0 Å². The van der Waals surface area contributed by atoms with Gasteiger partial charge >= 0.3 is 0 Å². The fourth-order valence-corrected chi connectivity index (χ4v) is 2.10. The monoisotopic (exact) mass is 242 g/mol. The quantitative estimate of drug-likeness (QED) is 0.873. The lowest BCUT2D eigenvalue weighted by Crippen LogP contribution is -2.28. The molecule has 2 aromatic rings. The summed E-state index contributed by atoms with van der Waals surface area (Å²) in [6.07, 6.45) is 0. The van der Waals surface area contributed by atoms with Crippen LogP contribution in [0.15, 0.2) is 60.7 Å². The van der Waals surface area contributed by atoms with E-state index in [2.05, 4.69) is 0 Å². The molecule has 0 aliphatic heterocycles. The summed E-state index contributed by atoms with van der Waals surface area (Å²) < 4.78 is 5.90. The van der Waals surface area contributed by atoms with Crippen LogP contribution in [0.3, 0.4) is 0 Å². The van der Waals surface area contributed by atoms with E-state index in [-0.39, 0.29) is 6.61 Å². The molecule has 18 heavy (non-hydrogen) atoms. The number of hydrogen-bond donors (Lipinski definition) is 1. The van der Waals surface area contributed by atoms with Crippen molar-refractivity contribution in [1.82, 2.24) is 0 Å². The zero-order chi connectivity index (χ0) is 12.8. The molecule has 2 rings (SSSR count). The Kier molecular flexibility index (Phi) is 4.13.